The quantitative estimate of drug-likeness (QED) is 0.0363. The number of allylic oxidation sites excluding steroid dienone is 4. The Hall–Kier alpha value is -4.98. The van der Waals surface area contributed by atoms with E-state index in [1.807, 2.05) is 12.1 Å². The number of ketones is 2. The third-order valence-electron chi connectivity index (χ3n) is 8.11. The minimum absolute atomic E-state index is 0. The van der Waals surface area contributed by atoms with Crippen LogP contribution in [0.2, 0.25) is 0 Å². The Morgan fingerprint density at radius 2 is 1.16 bits per heavy atom. The number of nitro groups is 1. The Kier molecular flexibility index (Phi) is 16.5. The number of aromatic nitrogens is 4. The van der Waals surface area contributed by atoms with Crippen molar-refractivity contribution in [2.75, 3.05) is 10.9 Å². The van der Waals surface area contributed by atoms with Gasteiger partial charge in [0.2, 0.25) is 11.6 Å². The van der Waals surface area contributed by atoms with Crippen molar-refractivity contribution in [3.05, 3.63) is 168 Å². The number of benzene rings is 3. The van der Waals surface area contributed by atoms with Gasteiger partial charge in [0.05, 0.1) is 33.8 Å². The molecular formula is C36H29CrN9Na2O9S+2. The number of anilines is 2. The smallest absolute Gasteiger partial charge is 0.293 e. The summed E-state index contributed by atoms with van der Waals surface area (Å²) < 4.78 is 35.4. The van der Waals surface area contributed by atoms with E-state index in [0.29, 0.717) is 22.8 Å². The van der Waals surface area contributed by atoms with Gasteiger partial charge in [-0.05, 0) is 44.2 Å². The number of hydrazone groups is 2. The summed E-state index contributed by atoms with van der Waals surface area (Å²) in [6.07, 6.45) is 4.09. The molecule has 5 N–H and O–H groups in total. The van der Waals surface area contributed by atoms with Gasteiger partial charge in [0.15, 0.2) is 0 Å². The molecule has 0 amide bonds. The number of nitrogens with zero attached hydrogens (tertiary/aromatic N) is 5. The van der Waals surface area contributed by atoms with E-state index < -0.39 is 37.1 Å². The largest absolute Gasteiger partial charge is 1.00 e. The zero-order chi connectivity index (χ0) is 39.4. The molecule has 3 aromatic carbocycles. The molecule has 0 fully saturated rings. The number of para-hydroxylation sites is 2. The molecule has 0 aliphatic heterocycles. The molecule has 58 heavy (non-hydrogen) atoms. The number of fused-ring (bicyclic) bond motifs is 1. The molecule has 5 aromatic rings. The first-order valence-corrected chi connectivity index (χ1v) is 17.5. The van der Waals surface area contributed by atoms with Crippen LogP contribution in [0.25, 0.3) is 16.3 Å². The van der Waals surface area contributed by atoms with Crippen LogP contribution in [0.15, 0.2) is 135 Å². The van der Waals surface area contributed by atoms with Gasteiger partial charge in [-0.3, -0.25) is 54.9 Å². The average molecular weight is 862 g/mol. The molecule has 0 radical (unpaired) electrons. The number of H-pyrrole nitrogens is 2. The number of hydrogen-bond donors (Lipinski definition) is 5. The molecule has 2 heterocycles. The van der Waals surface area contributed by atoms with Crippen molar-refractivity contribution in [1.29, 1.82) is 0 Å². The van der Waals surface area contributed by atoms with E-state index in [2.05, 4.69) is 31.3 Å². The zero-order valence-electron chi connectivity index (χ0n) is 31.2. The molecule has 0 atom stereocenters. The van der Waals surface area contributed by atoms with E-state index in [9.17, 15) is 42.3 Å². The van der Waals surface area contributed by atoms with Crippen molar-refractivity contribution >= 4 is 49.4 Å². The van der Waals surface area contributed by atoms with Crippen LogP contribution in [0.5, 0.6) is 0 Å². The molecular weight excluding hydrogens is 832 g/mol. The first-order chi connectivity index (χ1) is 26.2. The zero-order valence-corrected chi connectivity index (χ0v) is 37.2. The Balaban J connectivity index is 0.000000300. The third-order valence-corrected chi connectivity index (χ3v) is 9.01. The predicted octanol–water partition coefficient (Wildman–Crippen LogP) is -2.35. The average Bonchev–Trinajstić information content (AvgIpc) is 3.62. The van der Waals surface area contributed by atoms with E-state index in [1.165, 1.54) is 33.6 Å². The summed E-state index contributed by atoms with van der Waals surface area (Å²) in [6, 6.07) is 24.1. The predicted molar refractivity (Wildman–Crippen MR) is 204 cm³/mol. The summed E-state index contributed by atoms with van der Waals surface area (Å²) in [7, 11) is -4.60. The first-order valence-electron chi connectivity index (χ1n) is 16.1. The van der Waals surface area contributed by atoms with E-state index in [-0.39, 0.29) is 122 Å². The number of rotatable bonds is 8. The fourth-order valence-corrected chi connectivity index (χ4v) is 6.15. The molecule has 0 unspecified atom stereocenters. The van der Waals surface area contributed by atoms with Crippen molar-refractivity contribution in [1.82, 2.24) is 19.6 Å². The van der Waals surface area contributed by atoms with E-state index in [1.54, 1.807) is 74.5 Å². The van der Waals surface area contributed by atoms with Crippen LogP contribution in [0.1, 0.15) is 22.5 Å². The molecule has 22 heteroatoms. The van der Waals surface area contributed by atoms with Crippen molar-refractivity contribution < 1.29 is 104 Å². The number of aromatic amines is 2. The van der Waals surface area contributed by atoms with Gasteiger partial charge in [-0.25, -0.2) is 9.36 Å². The number of hydrogen-bond acceptors (Lipinski definition) is 12. The second kappa shape index (κ2) is 20.1. The second-order valence-corrected chi connectivity index (χ2v) is 13.2. The standard InChI is InChI=1S/C20H16N4O5S.C16H13N5O4.Cr.2Na/c1-12-18(20(26)24(23-12)13-7-3-2-4-8-13)21-22-19-15-10-6-5-9-14(15)17(11-16(19)25)30(27,28)29;1-10-15(16(23)20(19-10)11-5-3-2-4-6-11)18-17-13-8-7-12(21(24)25)9-14(13)22;;;/h2-11,21,23H,1H3,(H,27,28,29);2-9,18-19H,1H3;;;/q;;;2*+1/b;17-13+;;;. The van der Waals surface area contributed by atoms with Gasteiger partial charge in [-0.2, -0.15) is 18.6 Å². The maximum absolute atomic E-state index is 12.8. The fraction of sp³-hybridized carbons (Fsp3) is 0.0556. The van der Waals surface area contributed by atoms with Gasteiger partial charge in [0.25, 0.3) is 26.9 Å². The van der Waals surface area contributed by atoms with Crippen LogP contribution in [-0.4, -0.2) is 60.4 Å². The van der Waals surface area contributed by atoms with Crippen LogP contribution < -0.4 is 81.1 Å². The molecule has 0 bridgehead atoms. The fourth-order valence-electron chi connectivity index (χ4n) is 5.44. The van der Waals surface area contributed by atoms with Crippen LogP contribution in [0.4, 0.5) is 11.4 Å². The number of carbonyl (C=O) groups excluding carboxylic acids is 2. The van der Waals surface area contributed by atoms with Crippen molar-refractivity contribution in [3.63, 3.8) is 0 Å². The van der Waals surface area contributed by atoms with Gasteiger partial charge in [0, 0.05) is 40.6 Å². The third kappa shape index (κ3) is 10.4. The molecule has 2 aromatic heterocycles. The first kappa shape index (κ1) is 47.4. The van der Waals surface area contributed by atoms with Gasteiger partial charge >= 0.3 is 59.1 Å². The van der Waals surface area contributed by atoms with Crippen molar-refractivity contribution in [3.8, 4) is 11.4 Å². The van der Waals surface area contributed by atoms with E-state index in [4.69, 9.17) is 0 Å². The van der Waals surface area contributed by atoms with Crippen LogP contribution in [-0.2, 0) is 37.1 Å². The molecule has 0 saturated carbocycles. The molecule has 2 aliphatic rings. The summed E-state index contributed by atoms with van der Waals surface area (Å²) in [5.41, 5.74) is 7.03. The topological polar surface area (TPSA) is 256 Å². The summed E-state index contributed by atoms with van der Waals surface area (Å²) in [5, 5.41) is 24.5. The number of carbonyl (C=O) groups is 2. The summed E-state index contributed by atoms with van der Waals surface area (Å²) in [6.45, 7) is 3.36. The molecule has 0 spiro atoms. The second-order valence-electron chi connectivity index (χ2n) is 11.8. The van der Waals surface area contributed by atoms with Gasteiger partial charge in [0.1, 0.15) is 27.7 Å². The van der Waals surface area contributed by atoms with Crippen LogP contribution >= 0.6 is 0 Å². The molecule has 2 aliphatic carbocycles. The summed E-state index contributed by atoms with van der Waals surface area (Å²) >= 11 is 0. The minimum atomic E-state index is -4.60. The monoisotopic (exact) mass is 861 g/mol. The minimum Gasteiger partial charge on any atom is -0.293 e. The number of nitrogens with one attached hydrogen (secondary N) is 4. The van der Waals surface area contributed by atoms with Gasteiger partial charge in [-0.1, -0.05) is 60.7 Å². The molecule has 0 saturated heterocycles. The maximum Gasteiger partial charge on any atom is 1.00 e. The SMILES string of the molecule is Cc1[nH]n(-c2ccccc2)c(=O)c1N/N=C1\C=CC([N+](=O)[O-])=CC1=O.Cc1[nH]n(-c2ccccc2)c(=O)c1NN=C1C(=O)C=C(S(=O)(=O)O)c2ccccc21.[Cr].[Na+].[Na+]. The number of aryl methyl sites for hydroxylation is 2. The van der Waals surface area contributed by atoms with Crippen LogP contribution in [0, 0.1) is 24.0 Å². The molecule has 284 valence electrons. The molecule has 18 nitrogen and oxygen atoms in total. The van der Waals surface area contributed by atoms with E-state index in [0.717, 1.165) is 12.2 Å². The maximum atomic E-state index is 12.8. The normalized spacial score (nSPS) is 14.4. The Morgan fingerprint density at radius 1 is 0.690 bits per heavy atom. The summed E-state index contributed by atoms with van der Waals surface area (Å²) in [4.78, 5) is 59.1. The van der Waals surface area contributed by atoms with Crippen molar-refractivity contribution in [2.45, 2.75) is 13.8 Å². The van der Waals surface area contributed by atoms with E-state index >= 15 is 0 Å². The van der Waals surface area contributed by atoms with Crippen molar-refractivity contribution in [2.24, 2.45) is 10.2 Å². The Bertz CT molecular complexity index is 2770. The molecule has 7 rings (SSSR count). The van der Waals surface area contributed by atoms with Crippen LogP contribution in [0.3, 0.4) is 0 Å². The summed E-state index contributed by atoms with van der Waals surface area (Å²) in [5.74, 6) is -1.33. The van der Waals surface area contributed by atoms with Gasteiger partial charge < -0.3 is 0 Å². The van der Waals surface area contributed by atoms with Gasteiger partial charge in [-0.15, -0.1) is 0 Å². The Labute approximate surface area is 384 Å². The Morgan fingerprint density at radius 3 is 1.62 bits per heavy atom.